The number of ether oxygens (including phenoxy) is 2. The molecule has 1 amide bonds. The third kappa shape index (κ3) is 5.65. The van der Waals surface area contributed by atoms with Gasteiger partial charge in [-0.2, -0.15) is 12.7 Å². The minimum atomic E-state index is -4.62. The molecule has 0 N–H and O–H groups in total. The molecule has 1 aliphatic heterocycles. The number of carbonyl (C=O) groups excluding carboxylic acids is 2. The Bertz CT molecular complexity index is 874. The fourth-order valence-corrected chi connectivity index (χ4v) is 4.02. The molecule has 0 aliphatic carbocycles. The van der Waals surface area contributed by atoms with Gasteiger partial charge < -0.3 is 13.7 Å². The van der Waals surface area contributed by atoms with Crippen LogP contribution in [0.4, 0.5) is 4.79 Å². The van der Waals surface area contributed by atoms with Crippen molar-refractivity contribution in [3.8, 4) is 5.75 Å². The summed E-state index contributed by atoms with van der Waals surface area (Å²) >= 11 is 17.5. The maximum atomic E-state index is 12.4. The first-order chi connectivity index (χ1) is 12.5. The zero-order chi connectivity index (χ0) is 20.4. The fraction of sp³-hybridized carbons (Fsp3) is 0.333. The van der Waals surface area contributed by atoms with Crippen molar-refractivity contribution in [3.05, 3.63) is 38.8 Å². The predicted octanol–water partition coefficient (Wildman–Crippen LogP) is 3.60. The van der Waals surface area contributed by atoms with Gasteiger partial charge in [-0.05, 0) is 26.0 Å². The van der Waals surface area contributed by atoms with Gasteiger partial charge in [0.2, 0.25) is 0 Å². The molecule has 27 heavy (non-hydrogen) atoms. The SMILES string of the molecule is CC(C)=CC(=O)OCC1CN(S(=O)(=O)Oc2c(Cl)cc(Cl)cc2Cl)C(=O)O1. The molecule has 1 aromatic rings. The van der Waals surface area contributed by atoms with E-state index in [0.717, 1.165) is 5.57 Å². The van der Waals surface area contributed by atoms with Gasteiger partial charge >= 0.3 is 22.4 Å². The van der Waals surface area contributed by atoms with Gasteiger partial charge in [0.05, 0.1) is 16.6 Å². The minimum absolute atomic E-state index is 0.157. The Morgan fingerprint density at radius 1 is 1.30 bits per heavy atom. The summed E-state index contributed by atoms with van der Waals surface area (Å²) in [6.07, 6.45) is -0.917. The third-order valence-electron chi connectivity index (χ3n) is 3.08. The number of hydrogen-bond acceptors (Lipinski definition) is 7. The summed E-state index contributed by atoms with van der Waals surface area (Å²) in [4.78, 5) is 23.4. The zero-order valence-corrected chi connectivity index (χ0v) is 17.2. The normalized spacial score (nSPS) is 16.7. The van der Waals surface area contributed by atoms with Crippen LogP contribution < -0.4 is 4.18 Å². The molecule has 0 saturated carbocycles. The monoisotopic (exact) mass is 457 g/mol. The van der Waals surface area contributed by atoms with E-state index in [1.165, 1.54) is 18.2 Å². The van der Waals surface area contributed by atoms with Crippen LogP contribution >= 0.6 is 34.8 Å². The summed E-state index contributed by atoms with van der Waals surface area (Å²) < 4.78 is 39.7. The van der Waals surface area contributed by atoms with Crippen LogP contribution in [0.15, 0.2) is 23.8 Å². The molecule has 1 fully saturated rings. The molecular formula is C15H14Cl3NO7S. The predicted molar refractivity (Wildman–Crippen MR) is 98.4 cm³/mol. The van der Waals surface area contributed by atoms with Crippen LogP contribution in [0.2, 0.25) is 15.1 Å². The molecule has 0 bridgehead atoms. The smallest absolute Gasteiger partial charge is 0.426 e. The van der Waals surface area contributed by atoms with Gasteiger partial charge in [0.15, 0.2) is 11.9 Å². The third-order valence-corrected chi connectivity index (χ3v) is 5.08. The van der Waals surface area contributed by atoms with Gasteiger partial charge in [0, 0.05) is 11.1 Å². The average Bonchev–Trinajstić information content (AvgIpc) is 2.90. The first-order valence-electron chi connectivity index (χ1n) is 7.38. The van der Waals surface area contributed by atoms with Crippen molar-refractivity contribution < 1.29 is 31.7 Å². The van der Waals surface area contributed by atoms with Gasteiger partial charge in [-0.1, -0.05) is 40.4 Å². The second-order valence-electron chi connectivity index (χ2n) is 5.63. The number of allylic oxidation sites excluding steroid dienone is 1. The molecule has 0 spiro atoms. The van der Waals surface area contributed by atoms with E-state index < -0.39 is 35.0 Å². The van der Waals surface area contributed by atoms with Crippen molar-refractivity contribution in [3.63, 3.8) is 0 Å². The molecule has 0 radical (unpaired) electrons. The second kappa shape index (κ2) is 8.55. The lowest BCUT2D eigenvalue weighted by Gasteiger charge is -2.15. The van der Waals surface area contributed by atoms with Crippen molar-refractivity contribution in [2.24, 2.45) is 0 Å². The number of halogens is 3. The number of benzene rings is 1. The molecule has 148 valence electrons. The van der Waals surface area contributed by atoms with E-state index in [9.17, 15) is 18.0 Å². The Morgan fingerprint density at radius 3 is 2.44 bits per heavy atom. The molecular weight excluding hydrogens is 445 g/mol. The zero-order valence-electron chi connectivity index (χ0n) is 14.1. The van der Waals surface area contributed by atoms with E-state index in [0.29, 0.717) is 4.31 Å². The number of hydrogen-bond donors (Lipinski definition) is 0. The number of carbonyl (C=O) groups is 2. The minimum Gasteiger partial charge on any atom is -0.459 e. The first-order valence-corrected chi connectivity index (χ1v) is 9.88. The molecule has 8 nitrogen and oxygen atoms in total. The lowest BCUT2D eigenvalue weighted by molar-refractivity contribution is -0.140. The van der Waals surface area contributed by atoms with E-state index in [2.05, 4.69) is 0 Å². The highest BCUT2D eigenvalue weighted by Crippen LogP contribution is 2.37. The van der Waals surface area contributed by atoms with E-state index in [1.807, 2.05) is 0 Å². The molecule has 12 heteroatoms. The van der Waals surface area contributed by atoms with Crippen molar-refractivity contribution in [2.45, 2.75) is 20.0 Å². The van der Waals surface area contributed by atoms with Crippen molar-refractivity contribution >= 4 is 57.2 Å². The highest BCUT2D eigenvalue weighted by Gasteiger charge is 2.42. The van der Waals surface area contributed by atoms with E-state index in [1.54, 1.807) is 13.8 Å². The molecule has 1 saturated heterocycles. The molecule has 1 heterocycles. The molecule has 1 aliphatic rings. The highest BCUT2D eigenvalue weighted by molar-refractivity contribution is 7.85. The van der Waals surface area contributed by atoms with Crippen molar-refractivity contribution in [2.75, 3.05) is 13.2 Å². The number of nitrogens with zero attached hydrogens (tertiary/aromatic N) is 1. The maximum absolute atomic E-state index is 12.4. The van der Waals surface area contributed by atoms with Crippen LogP contribution in [0.5, 0.6) is 5.75 Å². The quantitative estimate of drug-likeness (QED) is 0.474. The summed E-state index contributed by atoms with van der Waals surface area (Å²) in [6, 6.07) is 2.46. The lowest BCUT2D eigenvalue weighted by Crippen LogP contribution is -2.36. The molecule has 1 atom stereocenters. The number of rotatable bonds is 6. The first kappa shape index (κ1) is 21.6. The van der Waals surface area contributed by atoms with Gasteiger partial charge in [0.1, 0.15) is 6.61 Å². The highest BCUT2D eigenvalue weighted by atomic mass is 35.5. The molecule has 1 aromatic carbocycles. The lowest BCUT2D eigenvalue weighted by atomic mass is 10.3. The van der Waals surface area contributed by atoms with Crippen LogP contribution in [0, 0.1) is 0 Å². The van der Waals surface area contributed by atoms with Gasteiger partial charge in [0.25, 0.3) is 0 Å². The second-order valence-corrected chi connectivity index (χ2v) is 8.34. The number of amides is 1. The standard InChI is InChI=1S/C15H14Cl3NO7S/c1-8(2)3-13(20)24-7-10-6-19(15(21)25-10)27(22,23)26-14-11(17)4-9(16)5-12(14)18/h3-5,10H,6-7H2,1-2H3. The maximum Gasteiger partial charge on any atom is 0.426 e. The Hall–Kier alpha value is -1.68. The van der Waals surface area contributed by atoms with Crippen LogP contribution in [-0.4, -0.2) is 44.0 Å². The summed E-state index contributed by atoms with van der Waals surface area (Å²) in [5.74, 6) is -1.02. The fourth-order valence-electron chi connectivity index (χ4n) is 1.98. The Labute approximate surface area is 170 Å². The summed E-state index contributed by atoms with van der Waals surface area (Å²) in [6.45, 7) is 2.68. The van der Waals surface area contributed by atoms with Crippen LogP contribution in [0.3, 0.4) is 0 Å². The van der Waals surface area contributed by atoms with Crippen LogP contribution in [0.1, 0.15) is 13.8 Å². The Morgan fingerprint density at radius 2 is 1.89 bits per heavy atom. The molecule has 1 unspecified atom stereocenters. The number of esters is 1. The van der Waals surface area contributed by atoms with E-state index in [4.69, 9.17) is 48.5 Å². The van der Waals surface area contributed by atoms with Crippen molar-refractivity contribution in [1.29, 1.82) is 0 Å². The van der Waals surface area contributed by atoms with E-state index >= 15 is 0 Å². The summed E-state index contributed by atoms with van der Waals surface area (Å²) in [7, 11) is -4.62. The Kier molecular flexibility index (Phi) is 6.85. The van der Waals surface area contributed by atoms with Crippen LogP contribution in [0.25, 0.3) is 0 Å². The topological polar surface area (TPSA) is 99.2 Å². The van der Waals surface area contributed by atoms with Gasteiger partial charge in [-0.15, -0.1) is 0 Å². The van der Waals surface area contributed by atoms with Crippen LogP contribution in [-0.2, 0) is 24.6 Å². The molecule has 2 rings (SSSR count). The summed E-state index contributed by atoms with van der Waals surface area (Å²) in [5.41, 5.74) is 0.720. The Balaban J connectivity index is 2.08. The van der Waals surface area contributed by atoms with Gasteiger partial charge in [-0.25, -0.2) is 9.59 Å². The van der Waals surface area contributed by atoms with Crippen molar-refractivity contribution in [1.82, 2.24) is 4.31 Å². The molecule has 0 aromatic heterocycles. The van der Waals surface area contributed by atoms with E-state index in [-0.39, 0.29) is 27.4 Å². The summed E-state index contributed by atoms with van der Waals surface area (Å²) in [5, 5.41) is -0.139. The average molecular weight is 459 g/mol. The van der Waals surface area contributed by atoms with Gasteiger partial charge in [-0.3, -0.25) is 0 Å². The largest absolute Gasteiger partial charge is 0.459 e. The number of cyclic esters (lactones) is 1.